The minimum absolute atomic E-state index is 0.282. The molecular formula is C8H6ClN3O2. The number of aldehydes is 1. The highest BCUT2D eigenvalue weighted by Crippen LogP contribution is 2.18. The zero-order chi connectivity index (χ0) is 10.1. The summed E-state index contributed by atoms with van der Waals surface area (Å²) in [6.45, 7) is 0. The average Bonchev–Trinajstić information content (AvgIpc) is 2.59. The van der Waals surface area contributed by atoms with Crippen LogP contribution in [0.15, 0.2) is 12.4 Å². The van der Waals surface area contributed by atoms with Gasteiger partial charge in [0.25, 0.3) is 5.88 Å². The molecule has 0 atom stereocenters. The van der Waals surface area contributed by atoms with E-state index in [0.717, 1.165) is 0 Å². The van der Waals surface area contributed by atoms with Gasteiger partial charge in [0.05, 0.1) is 7.11 Å². The molecule has 0 aliphatic carbocycles. The number of carbonyl (C=O) groups is 1. The molecule has 0 amide bonds. The van der Waals surface area contributed by atoms with Crippen LogP contribution in [0.4, 0.5) is 0 Å². The van der Waals surface area contributed by atoms with Crippen LogP contribution in [0.2, 0.25) is 5.15 Å². The first-order valence-corrected chi connectivity index (χ1v) is 4.17. The van der Waals surface area contributed by atoms with Gasteiger partial charge in [-0.15, -0.1) is 0 Å². The van der Waals surface area contributed by atoms with Gasteiger partial charge in [0, 0.05) is 12.4 Å². The second-order valence-corrected chi connectivity index (χ2v) is 2.97. The van der Waals surface area contributed by atoms with Crippen LogP contribution in [0.25, 0.3) is 5.65 Å². The fourth-order valence-electron chi connectivity index (χ4n) is 1.15. The van der Waals surface area contributed by atoms with E-state index in [-0.39, 0.29) is 5.15 Å². The lowest BCUT2D eigenvalue weighted by Crippen LogP contribution is -1.93. The number of imidazole rings is 1. The number of carbonyl (C=O) groups excluding carboxylic acids is 1. The molecule has 2 rings (SSSR count). The molecule has 0 saturated carbocycles. The highest BCUT2D eigenvalue weighted by atomic mass is 35.5. The van der Waals surface area contributed by atoms with Crippen LogP contribution in [0, 0.1) is 0 Å². The molecule has 0 aliphatic rings. The zero-order valence-corrected chi connectivity index (χ0v) is 8.02. The van der Waals surface area contributed by atoms with Gasteiger partial charge in [-0.3, -0.25) is 9.20 Å². The van der Waals surface area contributed by atoms with E-state index in [1.165, 1.54) is 7.11 Å². The normalized spacial score (nSPS) is 10.4. The number of hydrogen-bond acceptors (Lipinski definition) is 4. The van der Waals surface area contributed by atoms with Crippen molar-refractivity contribution in [2.75, 3.05) is 7.11 Å². The van der Waals surface area contributed by atoms with Crippen LogP contribution in [0.1, 0.15) is 10.5 Å². The highest BCUT2D eigenvalue weighted by Gasteiger charge is 2.09. The summed E-state index contributed by atoms with van der Waals surface area (Å²) in [5.74, 6) is 0.297. The van der Waals surface area contributed by atoms with Gasteiger partial charge in [0.1, 0.15) is 10.8 Å². The third kappa shape index (κ3) is 1.31. The van der Waals surface area contributed by atoms with Gasteiger partial charge in [-0.1, -0.05) is 11.6 Å². The maximum Gasteiger partial charge on any atom is 0.259 e. The molecular weight excluding hydrogens is 206 g/mol. The second-order valence-electron chi connectivity index (χ2n) is 2.59. The van der Waals surface area contributed by atoms with E-state index in [4.69, 9.17) is 16.3 Å². The Morgan fingerprint density at radius 2 is 2.29 bits per heavy atom. The second kappa shape index (κ2) is 3.26. The molecule has 0 fully saturated rings. The maximum absolute atomic E-state index is 10.5. The smallest absolute Gasteiger partial charge is 0.259 e. The first kappa shape index (κ1) is 8.96. The van der Waals surface area contributed by atoms with Crippen molar-refractivity contribution in [3.8, 4) is 5.88 Å². The zero-order valence-electron chi connectivity index (χ0n) is 7.27. The first-order valence-electron chi connectivity index (χ1n) is 3.79. The van der Waals surface area contributed by atoms with Crippen LogP contribution in [-0.2, 0) is 0 Å². The van der Waals surface area contributed by atoms with Gasteiger partial charge in [0.15, 0.2) is 6.29 Å². The van der Waals surface area contributed by atoms with Gasteiger partial charge in [-0.25, -0.2) is 4.98 Å². The monoisotopic (exact) mass is 211 g/mol. The summed E-state index contributed by atoms with van der Waals surface area (Å²) in [6.07, 6.45) is 3.76. The Morgan fingerprint density at radius 1 is 1.50 bits per heavy atom. The molecule has 0 N–H and O–H groups in total. The molecule has 14 heavy (non-hydrogen) atoms. The van der Waals surface area contributed by atoms with E-state index in [9.17, 15) is 4.79 Å². The lowest BCUT2D eigenvalue weighted by atomic mass is 10.5. The number of ether oxygens (including phenoxy) is 1. The minimum atomic E-state index is 0.282. The lowest BCUT2D eigenvalue weighted by molar-refractivity contribution is 0.111. The molecule has 72 valence electrons. The van der Waals surface area contributed by atoms with E-state index in [0.29, 0.717) is 23.5 Å². The first-order chi connectivity index (χ1) is 6.74. The van der Waals surface area contributed by atoms with Crippen molar-refractivity contribution in [1.82, 2.24) is 14.4 Å². The summed E-state index contributed by atoms with van der Waals surface area (Å²) < 4.78 is 6.57. The van der Waals surface area contributed by atoms with E-state index < -0.39 is 0 Å². The van der Waals surface area contributed by atoms with Gasteiger partial charge in [-0.2, -0.15) is 4.98 Å². The SMILES string of the molecule is COc1nc(Cl)cn2cc(C=O)nc12. The quantitative estimate of drug-likeness (QED) is 0.701. The van der Waals surface area contributed by atoms with Crippen LogP contribution in [0.3, 0.4) is 0 Å². The van der Waals surface area contributed by atoms with E-state index in [2.05, 4.69) is 9.97 Å². The van der Waals surface area contributed by atoms with Gasteiger partial charge < -0.3 is 4.74 Å². The van der Waals surface area contributed by atoms with Crippen molar-refractivity contribution >= 4 is 23.5 Å². The average molecular weight is 212 g/mol. The molecule has 0 bridgehead atoms. The van der Waals surface area contributed by atoms with E-state index >= 15 is 0 Å². The topological polar surface area (TPSA) is 56.5 Å². The number of aromatic nitrogens is 3. The number of hydrogen-bond donors (Lipinski definition) is 0. The largest absolute Gasteiger partial charge is 0.478 e. The van der Waals surface area contributed by atoms with Gasteiger partial charge >= 0.3 is 0 Å². The molecule has 0 aliphatic heterocycles. The summed E-state index contributed by atoms with van der Waals surface area (Å²) in [4.78, 5) is 18.4. The Bertz CT molecular complexity index is 495. The molecule has 5 nitrogen and oxygen atoms in total. The molecule has 2 heterocycles. The molecule has 0 saturated heterocycles. The highest BCUT2D eigenvalue weighted by molar-refractivity contribution is 6.29. The number of rotatable bonds is 2. The van der Waals surface area contributed by atoms with Crippen LogP contribution in [0.5, 0.6) is 5.88 Å². The fraction of sp³-hybridized carbons (Fsp3) is 0.125. The molecule has 0 radical (unpaired) electrons. The Hall–Kier alpha value is -1.62. The standard InChI is InChI=1S/C8H6ClN3O2/c1-14-8-7-10-5(4-13)2-12(7)3-6(9)11-8/h2-4H,1H3. The lowest BCUT2D eigenvalue weighted by Gasteiger charge is -2.00. The number of halogens is 1. The summed E-state index contributed by atoms with van der Waals surface area (Å²) in [7, 11) is 1.47. The van der Waals surface area contributed by atoms with Crippen molar-refractivity contribution in [2.24, 2.45) is 0 Å². The number of nitrogens with zero attached hydrogens (tertiary/aromatic N) is 3. The predicted octanol–water partition coefficient (Wildman–Crippen LogP) is 1.20. The molecule has 2 aromatic rings. The number of fused-ring (bicyclic) bond motifs is 1. The molecule has 2 aromatic heterocycles. The van der Waals surface area contributed by atoms with E-state index in [1.807, 2.05) is 0 Å². The third-order valence-corrected chi connectivity index (χ3v) is 1.89. The summed E-state index contributed by atoms with van der Waals surface area (Å²) in [5.41, 5.74) is 0.784. The molecule has 0 unspecified atom stereocenters. The molecule has 0 spiro atoms. The maximum atomic E-state index is 10.5. The third-order valence-electron chi connectivity index (χ3n) is 1.71. The Kier molecular flexibility index (Phi) is 2.09. The summed E-state index contributed by atoms with van der Waals surface area (Å²) >= 11 is 5.73. The van der Waals surface area contributed by atoms with Crippen molar-refractivity contribution in [3.05, 3.63) is 23.2 Å². The molecule has 0 aromatic carbocycles. The van der Waals surface area contributed by atoms with Crippen molar-refractivity contribution in [1.29, 1.82) is 0 Å². The Labute approximate surface area is 84.3 Å². The fourth-order valence-corrected chi connectivity index (χ4v) is 1.34. The van der Waals surface area contributed by atoms with Crippen LogP contribution < -0.4 is 4.74 Å². The van der Waals surface area contributed by atoms with Gasteiger partial charge in [-0.05, 0) is 0 Å². The van der Waals surface area contributed by atoms with Crippen molar-refractivity contribution in [3.63, 3.8) is 0 Å². The minimum Gasteiger partial charge on any atom is -0.478 e. The van der Waals surface area contributed by atoms with Crippen LogP contribution in [-0.4, -0.2) is 27.8 Å². The van der Waals surface area contributed by atoms with Gasteiger partial charge in [0.2, 0.25) is 5.65 Å². The molecule has 6 heteroatoms. The van der Waals surface area contributed by atoms with Crippen molar-refractivity contribution < 1.29 is 9.53 Å². The summed E-state index contributed by atoms with van der Waals surface area (Å²) in [5, 5.41) is 0.282. The van der Waals surface area contributed by atoms with Crippen LogP contribution >= 0.6 is 11.6 Å². The van der Waals surface area contributed by atoms with E-state index in [1.54, 1.807) is 16.8 Å². The predicted molar refractivity (Wildman–Crippen MR) is 49.9 cm³/mol. The Balaban J connectivity index is 2.77. The number of methoxy groups -OCH3 is 1. The van der Waals surface area contributed by atoms with Crippen molar-refractivity contribution in [2.45, 2.75) is 0 Å². The Morgan fingerprint density at radius 3 is 2.93 bits per heavy atom. The summed E-state index contributed by atoms with van der Waals surface area (Å²) in [6, 6.07) is 0.